The number of halogens is 1. The maximum absolute atomic E-state index is 12.8. The third kappa shape index (κ3) is 5.35. The molecule has 0 aliphatic carbocycles. The number of benzene rings is 3. The van der Waals surface area contributed by atoms with E-state index in [-0.39, 0.29) is 17.8 Å². The van der Waals surface area contributed by atoms with Gasteiger partial charge in [0.05, 0.1) is 10.4 Å². The molecular weight excluding hydrogens is 444 g/mol. The van der Waals surface area contributed by atoms with Crippen LogP contribution in [0.4, 0.5) is 0 Å². The Hall–Kier alpha value is -3.77. The predicted octanol–water partition coefficient (Wildman–Crippen LogP) is 6.14. The van der Waals surface area contributed by atoms with Gasteiger partial charge in [0.25, 0.3) is 0 Å². The molecule has 0 bridgehead atoms. The fraction of sp³-hybridized carbons (Fsp3) is 0.154. The molecule has 1 aromatic heterocycles. The van der Waals surface area contributed by atoms with Crippen LogP contribution < -0.4 is 14.9 Å². The van der Waals surface area contributed by atoms with E-state index in [0.29, 0.717) is 33.9 Å². The first-order valence-corrected chi connectivity index (χ1v) is 10.8. The first-order valence-electron chi connectivity index (χ1n) is 10.4. The van der Waals surface area contributed by atoms with Crippen molar-refractivity contribution >= 4 is 28.5 Å². The minimum atomic E-state index is -0.791. The van der Waals surface area contributed by atoms with Crippen molar-refractivity contribution in [2.45, 2.75) is 26.1 Å². The van der Waals surface area contributed by atoms with E-state index in [1.54, 1.807) is 42.5 Å². The summed E-state index contributed by atoms with van der Waals surface area (Å²) in [5, 5.41) is 0.692. The molecule has 0 radical (unpaired) electrons. The molecular formula is C26H21ClO6. The Morgan fingerprint density at radius 2 is 1.76 bits per heavy atom. The van der Waals surface area contributed by atoms with Crippen LogP contribution in [0.2, 0.25) is 5.02 Å². The third-order valence-electron chi connectivity index (χ3n) is 4.91. The summed E-state index contributed by atoms with van der Waals surface area (Å²) in [4.78, 5) is 25.3. The number of carbonyl (C=O) groups excluding carboxylic acids is 1. The van der Waals surface area contributed by atoms with Crippen molar-refractivity contribution in [3.8, 4) is 17.2 Å². The minimum absolute atomic E-state index is 0.0141. The van der Waals surface area contributed by atoms with Crippen molar-refractivity contribution < 1.29 is 23.4 Å². The van der Waals surface area contributed by atoms with Gasteiger partial charge in [-0.2, -0.15) is 0 Å². The van der Waals surface area contributed by atoms with E-state index in [9.17, 15) is 9.59 Å². The van der Waals surface area contributed by atoms with Crippen LogP contribution in [0, 0.1) is 0 Å². The molecule has 0 unspecified atom stereocenters. The van der Waals surface area contributed by atoms with Crippen LogP contribution in [0.3, 0.4) is 0 Å². The van der Waals surface area contributed by atoms with E-state index in [1.807, 2.05) is 37.3 Å². The monoisotopic (exact) mass is 464 g/mol. The number of ether oxygens (including phenoxy) is 3. The Labute approximate surface area is 195 Å². The van der Waals surface area contributed by atoms with Crippen LogP contribution >= 0.6 is 11.6 Å². The minimum Gasteiger partial charge on any atom is -0.479 e. The Balaban J connectivity index is 1.48. The van der Waals surface area contributed by atoms with Gasteiger partial charge >= 0.3 is 5.97 Å². The Kier molecular flexibility index (Phi) is 6.95. The zero-order valence-corrected chi connectivity index (χ0v) is 18.6. The average Bonchev–Trinajstić information content (AvgIpc) is 2.84. The normalized spacial score (nSPS) is 11.7. The molecule has 3 aromatic carbocycles. The fourth-order valence-electron chi connectivity index (χ4n) is 3.16. The van der Waals surface area contributed by atoms with E-state index in [4.69, 9.17) is 30.2 Å². The molecule has 4 rings (SSSR count). The summed E-state index contributed by atoms with van der Waals surface area (Å²) in [6.07, 6.45) is 0.851. The first kappa shape index (κ1) is 22.4. The topological polar surface area (TPSA) is 75.0 Å². The van der Waals surface area contributed by atoms with E-state index in [2.05, 4.69) is 0 Å². The van der Waals surface area contributed by atoms with Gasteiger partial charge in [-0.05, 0) is 36.2 Å². The number of hydrogen-bond donors (Lipinski definition) is 0. The number of hydrogen-bond acceptors (Lipinski definition) is 6. The number of para-hydroxylation sites is 1. The van der Waals surface area contributed by atoms with Crippen molar-refractivity contribution in [3.05, 3.63) is 99.9 Å². The second-order valence-corrected chi connectivity index (χ2v) is 7.63. The second kappa shape index (κ2) is 10.2. The van der Waals surface area contributed by atoms with Gasteiger partial charge in [0, 0.05) is 6.07 Å². The van der Waals surface area contributed by atoms with Gasteiger partial charge < -0.3 is 18.6 Å². The van der Waals surface area contributed by atoms with Gasteiger partial charge in [-0.3, -0.25) is 4.79 Å². The standard InChI is InChI=1S/C26H21ClO6/c1-2-21(26(29)31-15-17-8-4-3-5-9-17)32-18-12-13-19-23(14-18)30-16-24(25(19)28)33-22-11-7-6-10-20(22)27/h3-14,16,21H,2,15H2,1H3/t21-/m1/s1. The zero-order valence-electron chi connectivity index (χ0n) is 17.8. The highest BCUT2D eigenvalue weighted by atomic mass is 35.5. The Morgan fingerprint density at radius 1 is 1.00 bits per heavy atom. The highest BCUT2D eigenvalue weighted by molar-refractivity contribution is 6.32. The van der Waals surface area contributed by atoms with E-state index in [1.165, 1.54) is 6.26 Å². The lowest BCUT2D eigenvalue weighted by atomic mass is 10.2. The molecule has 7 heteroatoms. The number of fused-ring (bicyclic) bond motifs is 1. The van der Waals surface area contributed by atoms with Crippen LogP contribution in [0.25, 0.3) is 11.0 Å². The van der Waals surface area contributed by atoms with Gasteiger partial charge in [-0.25, -0.2) is 4.79 Å². The SMILES string of the molecule is CC[C@@H](Oc1ccc2c(=O)c(Oc3ccccc3Cl)coc2c1)C(=O)OCc1ccccc1. The molecule has 6 nitrogen and oxygen atoms in total. The maximum Gasteiger partial charge on any atom is 0.347 e. The molecule has 1 heterocycles. The number of esters is 1. The first-order chi connectivity index (χ1) is 16.0. The van der Waals surface area contributed by atoms with Crippen LogP contribution in [0.15, 0.2) is 88.3 Å². The molecule has 1 atom stereocenters. The smallest absolute Gasteiger partial charge is 0.347 e. The summed E-state index contributed by atoms with van der Waals surface area (Å²) in [6, 6.07) is 21.0. The molecule has 0 saturated heterocycles. The molecule has 0 N–H and O–H groups in total. The second-order valence-electron chi connectivity index (χ2n) is 7.23. The Bertz CT molecular complexity index is 1320. The maximum atomic E-state index is 12.8. The zero-order chi connectivity index (χ0) is 23.2. The molecule has 0 spiro atoms. The largest absolute Gasteiger partial charge is 0.479 e. The summed E-state index contributed by atoms with van der Waals surface area (Å²) in [6.45, 7) is 1.99. The molecule has 0 fully saturated rings. The van der Waals surface area contributed by atoms with Crippen molar-refractivity contribution in [2.24, 2.45) is 0 Å². The molecule has 4 aromatic rings. The highest BCUT2D eigenvalue weighted by Crippen LogP contribution is 2.29. The lowest BCUT2D eigenvalue weighted by Crippen LogP contribution is -2.28. The van der Waals surface area contributed by atoms with Gasteiger partial charge in [0.15, 0.2) is 6.10 Å². The predicted molar refractivity (Wildman–Crippen MR) is 125 cm³/mol. The summed E-state index contributed by atoms with van der Waals surface area (Å²) < 4.78 is 22.4. The van der Waals surface area contributed by atoms with Gasteiger partial charge in [0.1, 0.15) is 30.0 Å². The van der Waals surface area contributed by atoms with Crippen LogP contribution in [0.1, 0.15) is 18.9 Å². The van der Waals surface area contributed by atoms with E-state index in [0.717, 1.165) is 5.56 Å². The van der Waals surface area contributed by atoms with Crippen LogP contribution in [-0.2, 0) is 16.1 Å². The average molecular weight is 465 g/mol. The lowest BCUT2D eigenvalue weighted by molar-refractivity contribution is -0.153. The quantitative estimate of drug-likeness (QED) is 0.291. The summed E-state index contributed by atoms with van der Waals surface area (Å²) in [5.74, 6) is 0.283. The molecule has 168 valence electrons. The lowest BCUT2D eigenvalue weighted by Gasteiger charge is -2.17. The van der Waals surface area contributed by atoms with E-state index >= 15 is 0 Å². The van der Waals surface area contributed by atoms with Gasteiger partial charge in [-0.15, -0.1) is 0 Å². The number of carbonyl (C=O) groups is 1. The van der Waals surface area contributed by atoms with Crippen molar-refractivity contribution in [1.82, 2.24) is 0 Å². The van der Waals surface area contributed by atoms with Gasteiger partial charge in [-0.1, -0.05) is 61.0 Å². The van der Waals surface area contributed by atoms with Crippen LogP contribution in [-0.4, -0.2) is 12.1 Å². The molecule has 0 saturated carbocycles. The molecule has 0 aliphatic rings. The Morgan fingerprint density at radius 3 is 2.52 bits per heavy atom. The van der Waals surface area contributed by atoms with Crippen LogP contribution in [0.5, 0.6) is 17.2 Å². The fourth-order valence-corrected chi connectivity index (χ4v) is 3.34. The summed E-state index contributed by atoms with van der Waals surface area (Å²) in [7, 11) is 0. The van der Waals surface area contributed by atoms with Crippen molar-refractivity contribution in [3.63, 3.8) is 0 Å². The van der Waals surface area contributed by atoms with Gasteiger partial charge in [0.2, 0.25) is 11.2 Å². The molecule has 33 heavy (non-hydrogen) atoms. The molecule has 0 amide bonds. The molecule has 0 aliphatic heterocycles. The summed E-state index contributed by atoms with van der Waals surface area (Å²) in [5.41, 5.74) is 0.844. The van der Waals surface area contributed by atoms with Crippen molar-refractivity contribution in [2.75, 3.05) is 0 Å². The van der Waals surface area contributed by atoms with E-state index < -0.39 is 12.1 Å². The van der Waals surface area contributed by atoms with Crippen molar-refractivity contribution in [1.29, 1.82) is 0 Å². The number of rotatable bonds is 8. The third-order valence-corrected chi connectivity index (χ3v) is 5.22. The highest BCUT2D eigenvalue weighted by Gasteiger charge is 2.21. The summed E-state index contributed by atoms with van der Waals surface area (Å²) >= 11 is 6.10.